The zero-order valence-corrected chi connectivity index (χ0v) is 13.5. The van der Waals surface area contributed by atoms with Crippen LogP contribution in [0.3, 0.4) is 0 Å². The van der Waals surface area contributed by atoms with Gasteiger partial charge in [-0.05, 0) is 25.0 Å². The molecule has 0 saturated heterocycles. The van der Waals surface area contributed by atoms with Crippen molar-refractivity contribution in [3.05, 3.63) is 22.8 Å². The summed E-state index contributed by atoms with van der Waals surface area (Å²) in [6, 6.07) is 1.13. The van der Waals surface area contributed by atoms with Crippen LogP contribution in [0, 0.1) is 13.8 Å². The van der Waals surface area contributed by atoms with E-state index in [1.165, 1.54) is 6.92 Å². The summed E-state index contributed by atoms with van der Waals surface area (Å²) in [7, 11) is 0. The number of hydrogen-bond donors (Lipinski definition) is 2. The monoisotopic (exact) mass is 273 g/mol. The molecule has 1 nitrogen and oxygen atoms in total. The summed E-state index contributed by atoms with van der Waals surface area (Å²) in [5.41, 5.74) is 6.20. The van der Waals surface area contributed by atoms with Gasteiger partial charge in [-0.3, -0.25) is 0 Å². The molecule has 0 bridgehead atoms. The van der Waals surface area contributed by atoms with E-state index < -0.39 is 12.4 Å². The van der Waals surface area contributed by atoms with E-state index in [1.54, 1.807) is 6.92 Å². The summed E-state index contributed by atoms with van der Waals surface area (Å²) in [5.74, 6) is 0. The molecule has 16 heavy (non-hydrogen) atoms. The van der Waals surface area contributed by atoms with E-state index >= 15 is 0 Å². The molecule has 1 aromatic rings. The predicted octanol–water partition coefficient (Wildman–Crippen LogP) is -0.891. The summed E-state index contributed by atoms with van der Waals surface area (Å²) in [6.45, 7) is -1.74. The molecule has 0 radical (unpaired) electrons. The first-order valence-electron chi connectivity index (χ1n) is 4.51. The summed E-state index contributed by atoms with van der Waals surface area (Å²) in [5, 5.41) is 0. The normalized spacial score (nSPS) is 11.2. The molecule has 0 fully saturated rings. The van der Waals surface area contributed by atoms with Crippen molar-refractivity contribution in [1.29, 1.82) is 0 Å². The smallest absolute Gasteiger partial charge is 0.445 e. The van der Waals surface area contributed by atoms with E-state index in [2.05, 4.69) is 12.6 Å². The number of nitrogens with two attached hydrogens (primary N) is 1. The maximum absolute atomic E-state index is 12.7. The minimum atomic E-state index is -4.99. The Hall–Kier alpha value is 1.02. The Bertz CT molecular complexity index is 395. The third-order valence-electron chi connectivity index (χ3n) is 2.53. The maximum atomic E-state index is 12.7. The second kappa shape index (κ2) is 6.26. The van der Waals surface area contributed by atoms with Gasteiger partial charge in [0.25, 0.3) is 0 Å². The average molecular weight is 273 g/mol. The molecule has 0 aliphatic carbocycles. The first-order chi connectivity index (χ1) is 6.79. The molecule has 0 unspecified atom stereocenters. The molecular weight excluding hydrogens is 261 g/mol. The molecular formula is C9H12BF3KNS. The SMILES string of the molecule is Cc1c(CN)cc([B-](F)(F)F)c(C)c1S.[K+]. The molecule has 84 valence electrons. The average Bonchev–Trinajstić information content (AvgIpc) is 2.13. The predicted molar refractivity (Wildman–Crippen MR) is 59.8 cm³/mol. The molecule has 0 spiro atoms. The van der Waals surface area contributed by atoms with Crippen molar-refractivity contribution in [2.45, 2.75) is 25.3 Å². The third kappa shape index (κ3) is 3.51. The van der Waals surface area contributed by atoms with Crippen LogP contribution in [0.15, 0.2) is 11.0 Å². The molecule has 0 aliphatic rings. The fraction of sp³-hybridized carbons (Fsp3) is 0.333. The van der Waals surface area contributed by atoms with Crippen molar-refractivity contribution >= 4 is 25.1 Å². The van der Waals surface area contributed by atoms with E-state index in [9.17, 15) is 12.9 Å². The van der Waals surface area contributed by atoms with E-state index in [1.807, 2.05) is 0 Å². The Morgan fingerprint density at radius 2 is 1.75 bits per heavy atom. The van der Waals surface area contributed by atoms with Crippen molar-refractivity contribution in [2.24, 2.45) is 5.73 Å². The quantitative estimate of drug-likeness (QED) is 0.530. The van der Waals surface area contributed by atoms with Crippen LogP contribution in [0.4, 0.5) is 12.9 Å². The van der Waals surface area contributed by atoms with Crippen LogP contribution >= 0.6 is 12.6 Å². The Kier molecular flexibility index (Phi) is 6.66. The zero-order chi connectivity index (χ0) is 11.8. The molecule has 2 N–H and O–H groups in total. The fourth-order valence-electron chi connectivity index (χ4n) is 1.53. The van der Waals surface area contributed by atoms with Gasteiger partial charge in [-0.15, -0.1) is 18.1 Å². The number of hydrogen-bond acceptors (Lipinski definition) is 2. The second-order valence-electron chi connectivity index (χ2n) is 3.50. The fourth-order valence-corrected chi connectivity index (χ4v) is 1.80. The van der Waals surface area contributed by atoms with Gasteiger partial charge in [-0.2, -0.15) is 0 Å². The van der Waals surface area contributed by atoms with E-state index in [4.69, 9.17) is 5.73 Å². The molecule has 1 aromatic carbocycles. The van der Waals surface area contributed by atoms with Gasteiger partial charge in [-0.25, -0.2) is 0 Å². The molecule has 0 aliphatic heterocycles. The number of benzene rings is 1. The van der Waals surface area contributed by atoms with Crippen LogP contribution in [-0.4, -0.2) is 6.98 Å². The molecule has 0 saturated carbocycles. The van der Waals surface area contributed by atoms with Crippen LogP contribution < -0.4 is 62.6 Å². The Morgan fingerprint density at radius 1 is 1.25 bits per heavy atom. The molecule has 0 aromatic heterocycles. The van der Waals surface area contributed by atoms with Gasteiger partial charge in [0, 0.05) is 11.4 Å². The van der Waals surface area contributed by atoms with E-state index in [0.717, 1.165) is 11.6 Å². The summed E-state index contributed by atoms with van der Waals surface area (Å²) < 4.78 is 38.0. The second-order valence-corrected chi connectivity index (χ2v) is 3.95. The van der Waals surface area contributed by atoms with Crippen LogP contribution in [0.5, 0.6) is 0 Å². The van der Waals surface area contributed by atoms with Crippen molar-refractivity contribution in [2.75, 3.05) is 0 Å². The van der Waals surface area contributed by atoms with Crippen molar-refractivity contribution < 1.29 is 64.3 Å². The van der Waals surface area contributed by atoms with Crippen LogP contribution in [0.1, 0.15) is 16.7 Å². The number of thiol groups is 1. The standard InChI is InChI=1S/C9H12BF3NS.K/c1-5-7(4-14)3-8(10(11,12)13)6(2)9(5)15;/h3,15H,4,14H2,1-2H3;/q-1;+1. The van der Waals surface area contributed by atoms with Crippen molar-refractivity contribution in [3.8, 4) is 0 Å². The van der Waals surface area contributed by atoms with E-state index in [-0.39, 0.29) is 63.5 Å². The minimum Gasteiger partial charge on any atom is -0.445 e. The molecule has 7 heteroatoms. The first kappa shape index (κ1) is 17.0. The van der Waals surface area contributed by atoms with Gasteiger partial charge in [0.1, 0.15) is 0 Å². The van der Waals surface area contributed by atoms with Gasteiger partial charge < -0.3 is 18.7 Å². The molecule has 1 rings (SSSR count). The summed E-state index contributed by atoms with van der Waals surface area (Å²) in [4.78, 5) is 0.382. The Labute approximate surface area is 141 Å². The van der Waals surface area contributed by atoms with Gasteiger partial charge in [0.15, 0.2) is 0 Å². The first-order valence-corrected chi connectivity index (χ1v) is 4.95. The minimum absolute atomic E-state index is 0. The van der Waals surface area contributed by atoms with Crippen molar-refractivity contribution in [1.82, 2.24) is 0 Å². The van der Waals surface area contributed by atoms with Crippen LogP contribution in [-0.2, 0) is 6.54 Å². The topological polar surface area (TPSA) is 26.0 Å². The number of halogens is 3. The van der Waals surface area contributed by atoms with Gasteiger partial charge in [0.05, 0.1) is 0 Å². The molecule has 0 atom stereocenters. The zero-order valence-electron chi connectivity index (χ0n) is 9.52. The maximum Gasteiger partial charge on any atom is 1.00 e. The largest absolute Gasteiger partial charge is 1.00 e. The Morgan fingerprint density at radius 3 is 2.12 bits per heavy atom. The van der Waals surface area contributed by atoms with Crippen molar-refractivity contribution in [3.63, 3.8) is 0 Å². The van der Waals surface area contributed by atoms with Gasteiger partial charge in [0.2, 0.25) is 0 Å². The van der Waals surface area contributed by atoms with E-state index in [0.29, 0.717) is 10.5 Å². The molecule has 0 heterocycles. The Balaban J connectivity index is 0.00000225. The van der Waals surface area contributed by atoms with Gasteiger partial charge in [-0.1, -0.05) is 11.6 Å². The number of rotatable bonds is 2. The van der Waals surface area contributed by atoms with Gasteiger partial charge >= 0.3 is 58.4 Å². The third-order valence-corrected chi connectivity index (χ3v) is 3.20. The summed E-state index contributed by atoms with van der Waals surface area (Å²) in [6.07, 6.45) is 0. The van der Waals surface area contributed by atoms with Crippen LogP contribution in [0.25, 0.3) is 0 Å². The summed E-state index contributed by atoms with van der Waals surface area (Å²) >= 11 is 4.09. The molecule has 0 amide bonds. The van der Waals surface area contributed by atoms with Crippen LogP contribution in [0.2, 0.25) is 0 Å².